The van der Waals surface area contributed by atoms with Gasteiger partial charge in [-0.05, 0) is 30.9 Å². The van der Waals surface area contributed by atoms with Crippen molar-refractivity contribution in [2.45, 2.75) is 17.5 Å². The number of hydrogen-bond donors (Lipinski definition) is 0. The van der Waals surface area contributed by atoms with Crippen molar-refractivity contribution in [3.05, 3.63) is 29.0 Å². The third kappa shape index (κ3) is 2.54. The van der Waals surface area contributed by atoms with E-state index < -0.39 is 12.1 Å². The number of halogens is 3. The highest BCUT2D eigenvalue weighted by atomic mass is 32.2. The fourth-order valence-corrected chi connectivity index (χ4v) is 3.11. The molecule has 0 fully saturated rings. The summed E-state index contributed by atoms with van der Waals surface area (Å²) < 4.78 is 40.5. The van der Waals surface area contributed by atoms with Crippen LogP contribution in [0.3, 0.4) is 0 Å². The Kier molecular flexibility index (Phi) is 3.76. The molecule has 0 amide bonds. The Hall–Kier alpha value is -1.76. The van der Waals surface area contributed by atoms with Gasteiger partial charge in [0.2, 0.25) is 0 Å². The molecule has 2 heterocycles. The minimum Gasteiger partial charge on any atom is -0.326 e. The van der Waals surface area contributed by atoms with E-state index >= 15 is 0 Å². The maximum Gasteiger partial charge on any atom is 0.395 e. The normalized spacial score (nSPS) is 17.6. The Morgan fingerprint density at radius 3 is 2.82 bits per heavy atom. The Balaban J connectivity index is 2.17. The van der Waals surface area contributed by atoms with E-state index in [0.717, 1.165) is 4.90 Å². The third-order valence-electron chi connectivity index (χ3n) is 3.71. The molecule has 22 heavy (non-hydrogen) atoms. The van der Waals surface area contributed by atoms with Crippen LogP contribution in [0.4, 0.5) is 13.2 Å². The molecule has 3 rings (SSSR count). The third-order valence-corrected chi connectivity index (χ3v) is 4.48. The second-order valence-corrected chi connectivity index (χ2v) is 5.92. The first-order valence-electron chi connectivity index (χ1n) is 6.72. The lowest BCUT2D eigenvalue weighted by molar-refractivity contribution is -0.155. The predicted molar refractivity (Wildman–Crippen MR) is 80.6 cm³/mol. The van der Waals surface area contributed by atoms with Crippen LogP contribution >= 0.6 is 11.8 Å². The van der Waals surface area contributed by atoms with Crippen LogP contribution in [0.1, 0.15) is 6.42 Å². The number of alkyl halides is 3. The van der Waals surface area contributed by atoms with Crippen LogP contribution in [0.25, 0.3) is 23.7 Å². The first-order valence-corrected chi connectivity index (χ1v) is 7.95. The van der Waals surface area contributed by atoms with Crippen LogP contribution in [-0.2, 0) is 7.05 Å². The maximum absolute atomic E-state index is 12.9. The van der Waals surface area contributed by atoms with Gasteiger partial charge in [-0.2, -0.15) is 13.2 Å². The molecule has 1 aliphatic rings. The number of imidazole rings is 1. The van der Waals surface area contributed by atoms with Crippen LogP contribution in [0.5, 0.6) is 0 Å². The summed E-state index contributed by atoms with van der Waals surface area (Å²) in [6.45, 7) is 0. The number of fused-ring (bicyclic) bond motifs is 1. The van der Waals surface area contributed by atoms with Gasteiger partial charge in [0, 0.05) is 18.1 Å². The fraction of sp³-hybridized carbons (Fsp3) is 0.333. The summed E-state index contributed by atoms with van der Waals surface area (Å²) in [7, 11) is 1.80. The summed E-state index contributed by atoms with van der Waals surface area (Å²) in [4.78, 5) is 9.68. The highest BCUT2D eigenvalue weighted by Crippen LogP contribution is 2.31. The lowest BCUT2D eigenvalue weighted by Gasteiger charge is -2.16. The Bertz CT molecular complexity index is 824. The number of hydrogen-bond acceptors (Lipinski definition) is 3. The van der Waals surface area contributed by atoms with Gasteiger partial charge < -0.3 is 4.57 Å². The van der Waals surface area contributed by atoms with Gasteiger partial charge >= 0.3 is 6.18 Å². The van der Waals surface area contributed by atoms with Crippen LogP contribution in [0.2, 0.25) is 0 Å². The standard InChI is InChI=1S/C15H14F3N3S/c1-21-11-6-5-9(15(16,17)18)8-10(11)20-14(21)13-12(22-2)4-3-7-19-13/h3-4,6-9H,5H2,1-2H3. The lowest BCUT2D eigenvalue weighted by atomic mass is 10.0. The average Bonchev–Trinajstić information content (AvgIpc) is 2.83. The van der Waals surface area contributed by atoms with Crippen molar-refractivity contribution in [1.29, 1.82) is 0 Å². The molecule has 0 aromatic carbocycles. The number of nitrogens with zero attached hydrogens (tertiary/aromatic N) is 3. The van der Waals surface area contributed by atoms with E-state index in [0.29, 0.717) is 22.2 Å². The highest BCUT2D eigenvalue weighted by Gasteiger charge is 2.38. The van der Waals surface area contributed by atoms with Crippen molar-refractivity contribution in [3.8, 4) is 11.5 Å². The van der Waals surface area contributed by atoms with E-state index in [1.165, 1.54) is 17.8 Å². The van der Waals surface area contributed by atoms with Gasteiger partial charge in [0.1, 0.15) is 5.69 Å². The number of rotatable bonds is 2. The molecule has 1 unspecified atom stereocenters. The quantitative estimate of drug-likeness (QED) is 0.794. The summed E-state index contributed by atoms with van der Waals surface area (Å²) in [5.41, 5.74) is 0.692. The fourth-order valence-electron chi connectivity index (χ4n) is 2.56. The summed E-state index contributed by atoms with van der Waals surface area (Å²) in [5.74, 6) is -0.878. The number of aromatic nitrogens is 3. The SMILES string of the molecule is CSc1cccnc1-c1nc2c(n1C)=CCC(C(F)(F)F)C=2. The minimum atomic E-state index is -4.23. The molecule has 1 aliphatic carbocycles. The van der Waals surface area contributed by atoms with Crippen molar-refractivity contribution in [2.75, 3.05) is 6.26 Å². The molecule has 2 aromatic rings. The molecular formula is C15H14F3N3S. The molecule has 0 spiro atoms. The smallest absolute Gasteiger partial charge is 0.326 e. The average molecular weight is 325 g/mol. The lowest BCUT2D eigenvalue weighted by Crippen LogP contribution is -2.36. The molecule has 0 saturated heterocycles. The summed E-state index contributed by atoms with van der Waals surface area (Å²) in [5, 5.41) is 1.09. The first-order chi connectivity index (χ1) is 10.4. The van der Waals surface area contributed by atoms with E-state index in [1.54, 1.807) is 23.9 Å². The molecular weight excluding hydrogens is 311 g/mol. The van der Waals surface area contributed by atoms with Crippen molar-refractivity contribution >= 4 is 23.9 Å². The predicted octanol–water partition coefficient (Wildman–Crippen LogP) is 2.35. The van der Waals surface area contributed by atoms with Crippen molar-refractivity contribution in [3.63, 3.8) is 0 Å². The molecule has 0 radical (unpaired) electrons. The molecule has 3 nitrogen and oxygen atoms in total. The van der Waals surface area contributed by atoms with E-state index in [1.807, 2.05) is 18.4 Å². The second-order valence-electron chi connectivity index (χ2n) is 5.07. The number of pyridine rings is 1. The van der Waals surface area contributed by atoms with Gasteiger partial charge in [-0.3, -0.25) is 4.98 Å². The summed E-state index contributed by atoms with van der Waals surface area (Å²) in [6.07, 6.45) is 2.12. The zero-order chi connectivity index (χ0) is 15.9. The summed E-state index contributed by atoms with van der Waals surface area (Å²) in [6, 6.07) is 3.75. The molecule has 1 atom stereocenters. The minimum absolute atomic E-state index is 0.0485. The van der Waals surface area contributed by atoms with Crippen LogP contribution < -0.4 is 10.7 Å². The van der Waals surface area contributed by atoms with Gasteiger partial charge in [-0.15, -0.1) is 11.8 Å². The highest BCUT2D eigenvalue weighted by molar-refractivity contribution is 7.98. The topological polar surface area (TPSA) is 30.7 Å². The van der Waals surface area contributed by atoms with Gasteiger partial charge in [0.25, 0.3) is 0 Å². The number of thioether (sulfide) groups is 1. The van der Waals surface area contributed by atoms with Gasteiger partial charge in [0.15, 0.2) is 5.82 Å². The maximum atomic E-state index is 12.9. The molecule has 0 bridgehead atoms. The molecule has 7 heteroatoms. The van der Waals surface area contributed by atoms with Gasteiger partial charge in [-0.25, -0.2) is 4.98 Å². The molecule has 0 saturated carbocycles. The molecule has 0 aliphatic heterocycles. The van der Waals surface area contributed by atoms with Crippen molar-refractivity contribution < 1.29 is 13.2 Å². The van der Waals surface area contributed by atoms with Gasteiger partial charge in [0.05, 0.1) is 16.6 Å². The van der Waals surface area contributed by atoms with E-state index in [-0.39, 0.29) is 6.42 Å². The van der Waals surface area contributed by atoms with Crippen molar-refractivity contribution in [1.82, 2.24) is 14.5 Å². The van der Waals surface area contributed by atoms with Gasteiger partial charge in [-0.1, -0.05) is 6.08 Å². The monoisotopic (exact) mass is 325 g/mol. The van der Waals surface area contributed by atoms with E-state index in [4.69, 9.17) is 0 Å². The molecule has 2 aromatic heterocycles. The molecule has 0 N–H and O–H groups in total. The Labute approximate surface area is 129 Å². The van der Waals surface area contributed by atoms with E-state index in [2.05, 4.69) is 9.97 Å². The second kappa shape index (κ2) is 5.46. The first kappa shape index (κ1) is 15.1. The van der Waals surface area contributed by atoms with E-state index in [9.17, 15) is 13.2 Å². The summed E-state index contributed by atoms with van der Waals surface area (Å²) >= 11 is 1.53. The van der Waals surface area contributed by atoms with Crippen molar-refractivity contribution in [2.24, 2.45) is 13.0 Å². The Morgan fingerprint density at radius 1 is 1.36 bits per heavy atom. The largest absolute Gasteiger partial charge is 0.395 e. The Morgan fingerprint density at radius 2 is 2.14 bits per heavy atom. The van der Waals surface area contributed by atoms with Crippen LogP contribution in [0, 0.1) is 5.92 Å². The van der Waals surface area contributed by atoms with Crippen LogP contribution in [-0.4, -0.2) is 27.0 Å². The zero-order valence-corrected chi connectivity index (χ0v) is 12.9. The molecule has 116 valence electrons. The zero-order valence-electron chi connectivity index (χ0n) is 12.1. The van der Waals surface area contributed by atoms with Crippen LogP contribution in [0.15, 0.2) is 23.2 Å².